The lowest BCUT2D eigenvalue weighted by atomic mass is 9.91. The Balaban J connectivity index is 1.98. The third-order valence-electron chi connectivity index (χ3n) is 4.66. The largest absolute Gasteiger partial charge is 0.391 e. The molecule has 2 atom stereocenters. The van der Waals surface area contributed by atoms with Crippen LogP contribution < -0.4 is 5.56 Å². The quantitative estimate of drug-likeness (QED) is 0.929. The molecule has 2 unspecified atom stereocenters. The van der Waals surface area contributed by atoms with Crippen molar-refractivity contribution in [2.24, 2.45) is 0 Å². The van der Waals surface area contributed by atoms with E-state index in [1.54, 1.807) is 29.3 Å². The van der Waals surface area contributed by atoms with E-state index >= 15 is 0 Å². The van der Waals surface area contributed by atoms with Gasteiger partial charge in [0.2, 0.25) is 0 Å². The minimum atomic E-state index is -0.523. The Morgan fingerprint density at radius 2 is 2.17 bits per heavy atom. The van der Waals surface area contributed by atoms with Crippen molar-refractivity contribution < 1.29 is 9.90 Å². The van der Waals surface area contributed by atoms with Crippen LogP contribution in [-0.4, -0.2) is 44.0 Å². The van der Waals surface area contributed by atoms with Gasteiger partial charge in [-0.05, 0) is 31.4 Å². The van der Waals surface area contributed by atoms with Crippen LogP contribution in [0.5, 0.6) is 0 Å². The summed E-state index contributed by atoms with van der Waals surface area (Å²) in [4.78, 5) is 31.5. The average Bonchev–Trinajstić information content (AvgIpc) is 2.60. The van der Waals surface area contributed by atoms with Crippen molar-refractivity contribution in [2.75, 3.05) is 6.54 Å². The lowest BCUT2D eigenvalue weighted by Crippen LogP contribution is -2.50. The molecule has 0 radical (unpaired) electrons. The summed E-state index contributed by atoms with van der Waals surface area (Å²) in [5, 5.41) is 10.3. The van der Waals surface area contributed by atoms with Crippen LogP contribution in [-0.2, 0) is 0 Å². The predicted octanol–water partition coefficient (Wildman–Crippen LogP) is 1.85. The maximum Gasteiger partial charge on any atom is 0.270 e. The highest BCUT2D eigenvalue weighted by Crippen LogP contribution is 2.24. The monoisotopic (exact) mass is 329 g/mol. The smallest absolute Gasteiger partial charge is 0.270 e. The number of fused-ring (bicyclic) bond motifs is 1. The first-order chi connectivity index (χ1) is 11.6. The Labute approximate surface area is 140 Å². The highest BCUT2D eigenvalue weighted by molar-refractivity contribution is 5.94. The number of amides is 1. The van der Waals surface area contributed by atoms with E-state index in [2.05, 4.69) is 4.98 Å². The van der Waals surface area contributed by atoms with Gasteiger partial charge in [-0.2, -0.15) is 0 Å². The van der Waals surface area contributed by atoms with Crippen molar-refractivity contribution in [1.29, 1.82) is 0 Å². The number of carbonyl (C=O) groups is 1. The zero-order valence-electron chi connectivity index (χ0n) is 13.9. The van der Waals surface area contributed by atoms with Crippen molar-refractivity contribution >= 4 is 11.6 Å². The number of aliphatic hydroxyl groups is 1. The van der Waals surface area contributed by atoms with E-state index in [4.69, 9.17) is 0 Å². The highest BCUT2D eigenvalue weighted by atomic mass is 16.3. The van der Waals surface area contributed by atoms with Gasteiger partial charge in [0.1, 0.15) is 11.2 Å². The molecule has 2 aromatic heterocycles. The number of aliphatic hydroxyl groups excluding tert-OH is 1. The summed E-state index contributed by atoms with van der Waals surface area (Å²) < 4.78 is 1.38. The van der Waals surface area contributed by atoms with Crippen LogP contribution >= 0.6 is 0 Å². The van der Waals surface area contributed by atoms with Crippen LogP contribution in [0.3, 0.4) is 0 Å². The molecule has 0 bridgehead atoms. The van der Waals surface area contributed by atoms with E-state index in [1.165, 1.54) is 10.6 Å². The van der Waals surface area contributed by atoms with Gasteiger partial charge in [0.05, 0.1) is 12.1 Å². The fourth-order valence-electron chi connectivity index (χ4n) is 3.44. The molecular formula is C18H23N3O3. The number of hydrogen-bond donors (Lipinski definition) is 1. The fourth-order valence-corrected chi connectivity index (χ4v) is 3.44. The molecule has 0 aliphatic heterocycles. The summed E-state index contributed by atoms with van der Waals surface area (Å²) in [6.07, 6.45) is 6.67. The number of nitrogens with zero attached hydrogens (tertiary/aromatic N) is 3. The van der Waals surface area contributed by atoms with Crippen molar-refractivity contribution in [3.05, 3.63) is 46.5 Å². The maximum atomic E-state index is 13.0. The molecule has 6 nitrogen and oxygen atoms in total. The van der Waals surface area contributed by atoms with Gasteiger partial charge >= 0.3 is 0 Å². The summed E-state index contributed by atoms with van der Waals surface area (Å²) >= 11 is 0. The molecule has 24 heavy (non-hydrogen) atoms. The minimum Gasteiger partial charge on any atom is -0.391 e. The summed E-state index contributed by atoms with van der Waals surface area (Å²) in [6.45, 7) is 2.51. The first-order valence-corrected chi connectivity index (χ1v) is 8.59. The first-order valence-electron chi connectivity index (χ1n) is 8.59. The van der Waals surface area contributed by atoms with Gasteiger partial charge in [0.25, 0.3) is 11.5 Å². The maximum absolute atomic E-state index is 13.0. The molecule has 1 N–H and O–H groups in total. The van der Waals surface area contributed by atoms with Gasteiger partial charge in [-0.25, -0.2) is 4.98 Å². The average molecular weight is 329 g/mol. The molecule has 3 rings (SSSR count). The Morgan fingerprint density at radius 1 is 1.38 bits per heavy atom. The molecular weight excluding hydrogens is 306 g/mol. The van der Waals surface area contributed by atoms with Crippen molar-refractivity contribution in [1.82, 2.24) is 14.3 Å². The zero-order valence-corrected chi connectivity index (χ0v) is 13.9. The van der Waals surface area contributed by atoms with Crippen LogP contribution in [0.25, 0.3) is 5.65 Å². The fraction of sp³-hybridized carbons (Fsp3) is 0.500. The highest BCUT2D eigenvalue weighted by Gasteiger charge is 2.33. The summed E-state index contributed by atoms with van der Waals surface area (Å²) in [7, 11) is 0. The van der Waals surface area contributed by atoms with Crippen molar-refractivity contribution in [3.8, 4) is 0 Å². The molecule has 1 amide bonds. The number of carbonyl (C=O) groups excluding carboxylic acids is 1. The molecule has 2 aromatic rings. The molecule has 1 aliphatic carbocycles. The Kier molecular flexibility index (Phi) is 4.94. The van der Waals surface area contributed by atoms with Crippen LogP contribution in [0.4, 0.5) is 0 Å². The Bertz CT molecular complexity index is 786. The molecule has 0 spiro atoms. The van der Waals surface area contributed by atoms with Crippen molar-refractivity contribution in [2.45, 2.75) is 51.2 Å². The standard InChI is InChI=1S/C18H23N3O3/c1-2-10-20(14-7-3-4-8-15(14)22)17(23)13-12-19-16-9-5-6-11-21(16)18(13)24/h5-6,9,11-12,14-15,22H,2-4,7-8,10H2,1H3. The topological polar surface area (TPSA) is 74.9 Å². The molecule has 0 saturated heterocycles. The SMILES string of the molecule is CCCN(C(=O)c1cnc2ccccn2c1=O)C1CCCCC1O. The summed E-state index contributed by atoms with van der Waals surface area (Å²) in [5.74, 6) is -0.335. The Morgan fingerprint density at radius 3 is 2.92 bits per heavy atom. The minimum absolute atomic E-state index is 0.0601. The number of aromatic nitrogens is 2. The van der Waals surface area contributed by atoms with Crippen LogP contribution in [0.15, 0.2) is 35.4 Å². The van der Waals surface area contributed by atoms with E-state index < -0.39 is 6.10 Å². The zero-order chi connectivity index (χ0) is 17.1. The lowest BCUT2D eigenvalue weighted by Gasteiger charge is -2.37. The Hall–Kier alpha value is -2.21. The lowest BCUT2D eigenvalue weighted by molar-refractivity contribution is 0.0177. The van der Waals surface area contributed by atoms with Crippen LogP contribution in [0.1, 0.15) is 49.4 Å². The van der Waals surface area contributed by atoms with Gasteiger partial charge in [0, 0.05) is 18.9 Å². The second-order valence-electron chi connectivity index (χ2n) is 6.32. The number of rotatable bonds is 4. The molecule has 1 aliphatic rings. The van der Waals surface area contributed by atoms with Gasteiger partial charge < -0.3 is 10.0 Å². The molecule has 1 saturated carbocycles. The van der Waals surface area contributed by atoms with E-state index in [1.807, 2.05) is 6.92 Å². The van der Waals surface area contributed by atoms with E-state index in [-0.39, 0.29) is 23.1 Å². The number of pyridine rings is 1. The van der Waals surface area contributed by atoms with Gasteiger partial charge in [-0.15, -0.1) is 0 Å². The van der Waals surface area contributed by atoms with E-state index in [0.717, 1.165) is 25.7 Å². The summed E-state index contributed by atoms with van der Waals surface area (Å²) in [6, 6.07) is 5.04. The third-order valence-corrected chi connectivity index (χ3v) is 4.66. The second kappa shape index (κ2) is 7.13. The van der Waals surface area contributed by atoms with Gasteiger partial charge in [0.15, 0.2) is 0 Å². The molecule has 2 heterocycles. The van der Waals surface area contributed by atoms with Gasteiger partial charge in [-0.1, -0.05) is 25.8 Å². The molecule has 128 valence electrons. The third kappa shape index (κ3) is 3.06. The second-order valence-corrected chi connectivity index (χ2v) is 6.32. The van der Waals surface area contributed by atoms with Crippen LogP contribution in [0.2, 0.25) is 0 Å². The summed E-state index contributed by atoms with van der Waals surface area (Å²) in [5.41, 5.74) is 0.209. The molecule has 1 fully saturated rings. The van der Waals surface area contributed by atoms with Crippen LogP contribution in [0, 0.1) is 0 Å². The van der Waals surface area contributed by atoms with E-state index in [9.17, 15) is 14.7 Å². The number of hydrogen-bond acceptors (Lipinski definition) is 4. The van der Waals surface area contributed by atoms with E-state index in [0.29, 0.717) is 18.6 Å². The normalized spacial score (nSPS) is 20.9. The van der Waals surface area contributed by atoms with Crippen molar-refractivity contribution in [3.63, 3.8) is 0 Å². The predicted molar refractivity (Wildman–Crippen MR) is 91.1 cm³/mol. The molecule has 6 heteroatoms. The van der Waals surface area contributed by atoms with Gasteiger partial charge in [-0.3, -0.25) is 14.0 Å². The first kappa shape index (κ1) is 16.6. The molecule has 0 aromatic carbocycles.